The van der Waals surface area contributed by atoms with Crippen molar-refractivity contribution >= 4 is 22.5 Å². The molecule has 0 amide bonds. The van der Waals surface area contributed by atoms with Crippen LogP contribution in [0.5, 0.6) is 0 Å². The van der Waals surface area contributed by atoms with Gasteiger partial charge in [0.2, 0.25) is 0 Å². The summed E-state index contributed by atoms with van der Waals surface area (Å²) in [5.74, 6) is 0.359. The van der Waals surface area contributed by atoms with Crippen molar-refractivity contribution < 1.29 is 14.2 Å². The Bertz CT molecular complexity index is 235. The van der Waals surface area contributed by atoms with Gasteiger partial charge in [-0.25, -0.2) is 0 Å². The third-order valence-electron chi connectivity index (χ3n) is 4.00. The molecule has 140 valence electrons. The molecule has 0 aliphatic carbocycles. The highest BCUT2D eigenvalue weighted by Crippen LogP contribution is 2.34. The lowest BCUT2D eigenvalue weighted by molar-refractivity contribution is -0.402. The molecular weight excluding hydrogens is 328 g/mol. The molecule has 0 bridgehead atoms. The van der Waals surface area contributed by atoms with Gasteiger partial charge < -0.3 is 14.2 Å². The topological polar surface area (TPSA) is 27.7 Å². The number of unbranched alkanes of at least 4 members (excludes halogenated alkanes) is 5. The number of thiol groups is 1. The summed E-state index contributed by atoms with van der Waals surface area (Å²) in [6.45, 7) is 10.1. The largest absolute Gasteiger partial charge is 0.328 e. The second-order valence-corrected chi connectivity index (χ2v) is 7.22. The summed E-state index contributed by atoms with van der Waals surface area (Å²) in [5, 5.41) is 0. The highest BCUT2D eigenvalue weighted by molar-refractivity contribution is 8.68. The van der Waals surface area contributed by atoms with E-state index in [1.807, 2.05) is 20.8 Å². The Morgan fingerprint density at radius 3 is 1.78 bits per heavy atom. The van der Waals surface area contributed by atoms with Crippen LogP contribution < -0.4 is 0 Å². The first-order valence-corrected chi connectivity index (χ1v) is 11.4. The van der Waals surface area contributed by atoms with Crippen LogP contribution in [-0.2, 0) is 14.2 Å². The van der Waals surface area contributed by atoms with Crippen molar-refractivity contribution in [3.8, 4) is 0 Å². The van der Waals surface area contributed by atoms with Crippen molar-refractivity contribution in [3.63, 3.8) is 0 Å². The summed E-state index contributed by atoms with van der Waals surface area (Å²) in [5.41, 5.74) is 0. The van der Waals surface area contributed by atoms with E-state index in [-0.39, 0.29) is 5.92 Å². The molecule has 0 rings (SSSR count). The summed E-state index contributed by atoms with van der Waals surface area (Å²) in [4.78, 5) is 0. The minimum atomic E-state index is -0.884. The molecule has 23 heavy (non-hydrogen) atoms. The van der Waals surface area contributed by atoms with Gasteiger partial charge in [0, 0.05) is 31.5 Å². The molecule has 3 nitrogen and oxygen atoms in total. The van der Waals surface area contributed by atoms with Gasteiger partial charge in [-0.2, -0.15) is 0 Å². The first kappa shape index (κ1) is 23.6. The second kappa shape index (κ2) is 16.1. The fourth-order valence-corrected chi connectivity index (χ4v) is 3.65. The van der Waals surface area contributed by atoms with Gasteiger partial charge in [-0.3, -0.25) is 0 Å². The van der Waals surface area contributed by atoms with Crippen LogP contribution in [0.15, 0.2) is 0 Å². The van der Waals surface area contributed by atoms with E-state index in [1.165, 1.54) is 38.5 Å². The van der Waals surface area contributed by atoms with Crippen LogP contribution in [0.2, 0.25) is 0 Å². The lowest BCUT2D eigenvalue weighted by Crippen LogP contribution is -2.47. The molecule has 0 radical (unpaired) electrons. The fraction of sp³-hybridized carbons (Fsp3) is 1.00. The fourth-order valence-electron chi connectivity index (χ4n) is 2.95. The molecule has 0 heterocycles. The van der Waals surface area contributed by atoms with E-state index in [0.29, 0.717) is 19.8 Å². The maximum absolute atomic E-state index is 5.99. The van der Waals surface area contributed by atoms with Crippen LogP contribution in [0.25, 0.3) is 0 Å². The van der Waals surface area contributed by atoms with Crippen molar-refractivity contribution in [2.24, 2.45) is 5.92 Å². The van der Waals surface area contributed by atoms with Crippen LogP contribution in [0.1, 0.15) is 79.1 Å². The zero-order valence-corrected chi connectivity index (χ0v) is 17.4. The van der Waals surface area contributed by atoms with Crippen LogP contribution in [0, 0.1) is 5.92 Å². The molecule has 0 aromatic rings. The quantitative estimate of drug-likeness (QED) is 0.146. The molecule has 1 unspecified atom stereocenters. The molecule has 5 heteroatoms. The zero-order chi connectivity index (χ0) is 17.4. The minimum absolute atomic E-state index is 0.258. The van der Waals surface area contributed by atoms with Crippen LogP contribution in [0.3, 0.4) is 0 Å². The first-order chi connectivity index (χ1) is 11.2. The first-order valence-electron chi connectivity index (χ1n) is 9.38. The summed E-state index contributed by atoms with van der Waals surface area (Å²) in [6, 6.07) is 0. The lowest BCUT2D eigenvalue weighted by Gasteiger charge is -2.39. The van der Waals surface area contributed by atoms with Gasteiger partial charge in [0.05, 0.1) is 0 Å². The Morgan fingerprint density at radius 2 is 1.30 bits per heavy atom. The Balaban J connectivity index is 4.68. The number of rotatable bonds is 17. The third-order valence-corrected chi connectivity index (χ3v) is 4.97. The highest BCUT2D eigenvalue weighted by Gasteiger charge is 2.41. The molecule has 0 aliphatic heterocycles. The Labute approximate surface area is 153 Å². The molecule has 0 spiro atoms. The molecule has 0 N–H and O–H groups in total. The van der Waals surface area contributed by atoms with Gasteiger partial charge in [0.15, 0.2) is 0 Å². The van der Waals surface area contributed by atoms with Crippen molar-refractivity contribution in [1.29, 1.82) is 0 Å². The van der Waals surface area contributed by atoms with Crippen molar-refractivity contribution in [3.05, 3.63) is 0 Å². The molecule has 0 saturated heterocycles. The van der Waals surface area contributed by atoms with Crippen molar-refractivity contribution in [1.82, 2.24) is 0 Å². The summed E-state index contributed by atoms with van der Waals surface area (Å²) < 4.78 is 18.0. The average Bonchev–Trinajstić information content (AvgIpc) is 2.54. The molecule has 1 atom stereocenters. The van der Waals surface area contributed by atoms with E-state index in [2.05, 4.69) is 18.6 Å². The molecule has 0 fully saturated rings. The summed E-state index contributed by atoms with van der Waals surface area (Å²) >= 11 is 4.29. The van der Waals surface area contributed by atoms with Gasteiger partial charge in [-0.15, -0.1) is 11.7 Å². The van der Waals surface area contributed by atoms with Crippen molar-refractivity contribution in [2.45, 2.75) is 85.0 Å². The Hall–Kier alpha value is 0.580. The SMILES string of the molecule is CCCCCCCCC(CCSS)C(OCC)(OCC)OCC. The van der Waals surface area contributed by atoms with E-state index in [0.717, 1.165) is 18.6 Å². The van der Waals surface area contributed by atoms with E-state index in [1.54, 1.807) is 10.8 Å². The smallest absolute Gasteiger partial charge is 0.285 e. The number of hydrogen-bond donors (Lipinski definition) is 1. The minimum Gasteiger partial charge on any atom is -0.328 e. The Morgan fingerprint density at radius 1 is 0.783 bits per heavy atom. The zero-order valence-electron chi connectivity index (χ0n) is 15.6. The number of hydrogen-bond acceptors (Lipinski definition) is 5. The molecular formula is C18H38O3S2. The maximum Gasteiger partial charge on any atom is 0.285 e. The van der Waals surface area contributed by atoms with Crippen LogP contribution in [-0.4, -0.2) is 31.5 Å². The van der Waals surface area contributed by atoms with Gasteiger partial charge in [-0.05, 0) is 33.6 Å². The molecule has 0 saturated carbocycles. The van der Waals surface area contributed by atoms with E-state index < -0.39 is 5.97 Å². The summed E-state index contributed by atoms with van der Waals surface area (Å²) in [6.07, 6.45) is 9.90. The normalized spacial score (nSPS) is 13.4. The van der Waals surface area contributed by atoms with Gasteiger partial charge in [0.25, 0.3) is 5.97 Å². The standard InChI is InChI=1S/C18H38O3S2/c1-5-9-10-11-12-13-14-17(15-16-23-22)18(19-6-2,20-7-3)21-8-4/h17,22H,5-16H2,1-4H3. The van der Waals surface area contributed by atoms with E-state index >= 15 is 0 Å². The highest BCUT2D eigenvalue weighted by atomic mass is 33.1. The maximum atomic E-state index is 5.99. The summed E-state index contributed by atoms with van der Waals surface area (Å²) in [7, 11) is 1.58. The second-order valence-electron chi connectivity index (χ2n) is 5.78. The molecule has 0 aliphatic rings. The van der Waals surface area contributed by atoms with Gasteiger partial charge >= 0.3 is 0 Å². The predicted molar refractivity (Wildman–Crippen MR) is 105 cm³/mol. The Kier molecular flexibility index (Phi) is 16.5. The average molecular weight is 367 g/mol. The van der Waals surface area contributed by atoms with Crippen molar-refractivity contribution in [2.75, 3.05) is 25.6 Å². The lowest BCUT2D eigenvalue weighted by atomic mass is 9.95. The predicted octanol–water partition coefficient (Wildman–Crippen LogP) is 6.08. The van der Waals surface area contributed by atoms with Gasteiger partial charge in [0.1, 0.15) is 0 Å². The van der Waals surface area contributed by atoms with Crippen LogP contribution >= 0.6 is 22.5 Å². The van der Waals surface area contributed by atoms with Gasteiger partial charge in [-0.1, -0.05) is 56.2 Å². The molecule has 0 aromatic heterocycles. The van der Waals surface area contributed by atoms with E-state index in [9.17, 15) is 0 Å². The van der Waals surface area contributed by atoms with E-state index in [4.69, 9.17) is 14.2 Å². The molecule has 0 aromatic carbocycles. The number of ether oxygens (including phenoxy) is 3. The monoisotopic (exact) mass is 366 g/mol. The third kappa shape index (κ3) is 10.2. The van der Waals surface area contributed by atoms with Crippen LogP contribution in [0.4, 0.5) is 0 Å².